The van der Waals surface area contributed by atoms with Crippen LogP contribution in [0.25, 0.3) is 10.9 Å². The number of aromatic nitrogens is 1. The molecule has 172 valence electrons. The summed E-state index contributed by atoms with van der Waals surface area (Å²) in [7, 11) is 1.65. The Morgan fingerprint density at radius 2 is 2.03 bits per heavy atom. The molecule has 2 N–H and O–H groups in total. The lowest BCUT2D eigenvalue weighted by Gasteiger charge is -2.56. The zero-order chi connectivity index (χ0) is 22.7. The molecule has 0 unspecified atom stereocenters. The highest BCUT2D eigenvalue weighted by atomic mass is 19.1. The van der Waals surface area contributed by atoms with Gasteiger partial charge in [0.05, 0.1) is 19.8 Å². The molecule has 33 heavy (non-hydrogen) atoms. The highest BCUT2D eigenvalue weighted by molar-refractivity contribution is 5.96. The van der Waals surface area contributed by atoms with E-state index in [2.05, 4.69) is 16.0 Å². The maximum absolute atomic E-state index is 13.7. The minimum Gasteiger partial charge on any atom is -0.497 e. The maximum Gasteiger partial charge on any atom is 0.254 e. The fraction of sp³-hybridized carbons (Fsp3) is 0.423. The second-order valence-electron chi connectivity index (χ2n) is 9.85. The average Bonchev–Trinajstić information content (AvgIpc) is 3.53. The lowest BCUT2D eigenvalue weighted by molar-refractivity contribution is -0.00133. The Bertz CT molecular complexity index is 1230. The number of nitrogens with zero attached hydrogens (tertiary/aromatic N) is 2. The van der Waals surface area contributed by atoms with Crippen molar-refractivity contribution in [2.24, 2.45) is 5.92 Å². The molecule has 7 heteroatoms. The lowest BCUT2D eigenvalue weighted by atomic mass is 9.68. The molecule has 1 aliphatic carbocycles. The van der Waals surface area contributed by atoms with Crippen molar-refractivity contribution in [2.45, 2.75) is 24.3 Å². The van der Waals surface area contributed by atoms with Gasteiger partial charge >= 0.3 is 0 Å². The Balaban J connectivity index is 1.39. The van der Waals surface area contributed by atoms with Crippen LogP contribution in [0.15, 0.2) is 42.5 Å². The van der Waals surface area contributed by atoms with Gasteiger partial charge in [0.2, 0.25) is 0 Å². The van der Waals surface area contributed by atoms with Gasteiger partial charge in [-0.15, -0.1) is 0 Å². The summed E-state index contributed by atoms with van der Waals surface area (Å²) < 4.78 is 19.1. The maximum atomic E-state index is 13.7. The summed E-state index contributed by atoms with van der Waals surface area (Å²) >= 11 is 0. The van der Waals surface area contributed by atoms with E-state index < -0.39 is 5.82 Å². The van der Waals surface area contributed by atoms with Crippen molar-refractivity contribution in [2.75, 3.05) is 39.9 Å². The molecular formula is C26H28FN3O3. The van der Waals surface area contributed by atoms with E-state index in [1.807, 2.05) is 17.0 Å². The Morgan fingerprint density at radius 1 is 1.21 bits per heavy atom. The summed E-state index contributed by atoms with van der Waals surface area (Å²) in [6, 6.07) is 11.9. The summed E-state index contributed by atoms with van der Waals surface area (Å²) in [5, 5.41) is 11.5. The number of ether oxygens (including phenoxy) is 1. The van der Waals surface area contributed by atoms with Crippen LogP contribution in [0.2, 0.25) is 0 Å². The Morgan fingerprint density at radius 3 is 2.73 bits per heavy atom. The minimum absolute atomic E-state index is 0.0473. The minimum atomic E-state index is -0.400. The predicted molar refractivity (Wildman–Crippen MR) is 123 cm³/mol. The largest absolute Gasteiger partial charge is 0.497 e. The van der Waals surface area contributed by atoms with Gasteiger partial charge in [-0.25, -0.2) is 4.39 Å². The number of halogens is 1. The Labute approximate surface area is 191 Å². The number of fused-ring (bicyclic) bond motifs is 4. The first kappa shape index (κ1) is 20.7. The van der Waals surface area contributed by atoms with E-state index in [1.54, 1.807) is 19.2 Å². The number of benzene rings is 2. The van der Waals surface area contributed by atoms with Crippen molar-refractivity contribution in [1.82, 2.24) is 14.8 Å². The Hall–Kier alpha value is -2.90. The van der Waals surface area contributed by atoms with Crippen LogP contribution in [-0.4, -0.2) is 65.7 Å². The number of likely N-dealkylation sites (tertiary alicyclic amines) is 1. The molecule has 1 saturated heterocycles. The molecule has 2 aliphatic heterocycles. The molecule has 1 atom stereocenters. The third kappa shape index (κ3) is 3.33. The molecular weight excluding hydrogens is 421 g/mol. The summed E-state index contributed by atoms with van der Waals surface area (Å²) in [6.45, 7) is 2.96. The monoisotopic (exact) mass is 449 g/mol. The lowest BCUT2D eigenvalue weighted by Crippen LogP contribution is -2.67. The van der Waals surface area contributed by atoms with Crippen LogP contribution in [0.4, 0.5) is 4.39 Å². The molecule has 3 aliphatic rings. The van der Waals surface area contributed by atoms with Gasteiger partial charge in [0.25, 0.3) is 5.91 Å². The highest BCUT2D eigenvalue weighted by Crippen LogP contribution is 2.49. The van der Waals surface area contributed by atoms with E-state index in [0.29, 0.717) is 24.6 Å². The highest BCUT2D eigenvalue weighted by Gasteiger charge is 2.54. The van der Waals surface area contributed by atoms with E-state index in [9.17, 15) is 14.3 Å². The molecule has 1 spiro atoms. The van der Waals surface area contributed by atoms with Crippen LogP contribution in [0.3, 0.4) is 0 Å². The molecule has 2 aromatic carbocycles. The van der Waals surface area contributed by atoms with Gasteiger partial charge in [0.1, 0.15) is 11.6 Å². The van der Waals surface area contributed by atoms with Gasteiger partial charge < -0.3 is 19.7 Å². The van der Waals surface area contributed by atoms with Crippen molar-refractivity contribution >= 4 is 16.8 Å². The number of carbonyl (C=O) groups is 1. The summed E-state index contributed by atoms with van der Waals surface area (Å²) in [5.74, 6) is 0.929. The third-order valence-electron chi connectivity index (χ3n) is 7.55. The van der Waals surface area contributed by atoms with Gasteiger partial charge in [0, 0.05) is 59.8 Å². The standard InChI is InChI=1S/C26H28FN3O3/c1-33-19-7-8-20-21(10-19)28-24-22(12-31)29(11-16-5-6-16)13-26(23(20)24)14-30(15-26)25(32)17-3-2-4-18(27)9-17/h2-4,7-10,16,22,28,31H,5-6,11-15H2,1H3/t22-/m0/s1. The van der Waals surface area contributed by atoms with Crippen LogP contribution < -0.4 is 4.74 Å². The van der Waals surface area contributed by atoms with Crippen molar-refractivity contribution in [1.29, 1.82) is 0 Å². The number of hydrogen-bond acceptors (Lipinski definition) is 4. The van der Waals surface area contributed by atoms with Gasteiger partial charge in [-0.2, -0.15) is 0 Å². The second kappa shape index (κ2) is 7.57. The number of aliphatic hydroxyl groups is 1. The topological polar surface area (TPSA) is 68.8 Å². The van der Waals surface area contributed by atoms with Gasteiger partial charge in [-0.1, -0.05) is 6.07 Å². The molecule has 3 aromatic rings. The van der Waals surface area contributed by atoms with Gasteiger partial charge in [-0.3, -0.25) is 9.69 Å². The molecule has 1 amide bonds. The molecule has 1 saturated carbocycles. The van der Waals surface area contributed by atoms with Gasteiger partial charge in [-0.05, 0) is 54.7 Å². The average molecular weight is 450 g/mol. The molecule has 6 rings (SSSR count). The number of aliphatic hydroxyl groups excluding tert-OH is 1. The number of amides is 1. The van der Waals surface area contributed by atoms with E-state index >= 15 is 0 Å². The number of rotatable bonds is 5. The first-order valence-electron chi connectivity index (χ1n) is 11.6. The fourth-order valence-corrected chi connectivity index (χ4v) is 5.83. The fourth-order valence-electron chi connectivity index (χ4n) is 5.83. The first-order chi connectivity index (χ1) is 16.0. The summed E-state index contributed by atoms with van der Waals surface area (Å²) in [6.07, 6.45) is 2.48. The molecule has 1 aromatic heterocycles. The normalized spacial score (nSPS) is 21.8. The molecule has 2 fully saturated rings. The van der Waals surface area contributed by atoms with Crippen LogP contribution in [0, 0.1) is 11.7 Å². The van der Waals surface area contributed by atoms with Crippen molar-refractivity contribution in [3.8, 4) is 5.75 Å². The SMILES string of the molecule is COc1ccc2c3c([nH]c2c1)[C@H](CO)N(CC1CC1)CC31CN(C(=O)c2cccc(F)c2)C1. The quantitative estimate of drug-likeness (QED) is 0.626. The van der Waals surface area contributed by atoms with Gasteiger partial charge in [0.15, 0.2) is 0 Å². The van der Waals surface area contributed by atoms with Crippen LogP contribution >= 0.6 is 0 Å². The molecule has 0 bridgehead atoms. The number of carbonyl (C=O) groups excluding carboxylic acids is 1. The van der Waals surface area contributed by atoms with Crippen LogP contribution in [0.5, 0.6) is 5.75 Å². The van der Waals surface area contributed by atoms with Crippen molar-refractivity contribution < 1.29 is 19.0 Å². The van der Waals surface area contributed by atoms with E-state index in [1.165, 1.54) is 30.5 Å². The van der Waals surface area contributed by atoms with Crippen LogP contribution in [0.1, 0.15) is 40.5 Å². The zero-order valence-electron chi connectivity index (χ0n) is 18.7. The van der Waals surface area contributed by atoms with Crippen molar-refractivity contribution in [3.63, 3.8) is 0 Å². The van der Waals surface area contributed by atoms with E-state index in [0.717, 1.165) is 35.4 Å². The van der Waals surface area contributed by atoms with Crippen LogP contribution in [-0.2, 0) is 5.41 Å². The number of nitrogens with one attached hydrogen (secondary N) is 1. The Kier molecular flexibility index (Phi) is 4.74. The number of aromatic amines is 1. The summed E-state index contributed by atoms with van der Waals surface area (Å²) in [5.41, 5.74) is 3.40. The number of H-pyrrole nitrogens is 1. The molecule has 6 nitrogen and oxygen atoms in total. The third-order valence-corrected chi connectivity index (χ3v) is 7.55. The van der Waals surface area contributed by atoms with Crippen molar-refractivity contribution in [3.05, 3.63) is 65.1 Å². The molecule has 3 heterocycles. The zero-order valence-corrected chi connectivity index (χ0v) is 18.7. The predicted octanol–water partition coefficient (Wildman–Crippen LogP) is 3.47. The second-order valence-corrected chi connectivity index (χ2v) is 9.85. The smallest absolute Gasteiger partial charge is 0.254 e. The molecule has 0 radical (unpaired) electrons. The van der Waals surface area contributed by atoms with E-state index in [-0.39, 0.29) is 24.0 Å². The summed E-state index contributed by atoms with van der Waals surface area (Å²) in [4.78, 5) is 20.9. The first-order valence-corrected chi connectivity index (χ1v) is 11.6. The number of hydrogen-bond donors (Lipinski definition) is 2. The van der Waals surface area contributed by atoms with E-state index in [4.69, 9.17) is 4.74 Å². The number of methoxy groups -OCH3 is 1.